The number of aryl methyl sites for hydroxylation is 1. The molecule has 26 heavy (non-hydrogen) atoms. The quantitative estimate of drug-likeness (QED) is 0.676. The maximum absolute atomic E-state index is 12.5. The Morgan fingerprint density at radius 3 is 2.42 bits per heavy atom. The van der Waals surface area contributed by atoms with Gasteiger partial charge in [0.05, 0.1) is 5.69 Å². The third-order valence-electron chi connectivity index (χ3n) is 4.22. The molecule has 2 amide bonds. The smallest absolute Gasteiger partial charge is 0.273 e. The third-order valence-corrected chi connectivity index (χ3v) is 4.22. The van der Waals surface area contributed by atoms with Crippen LogP contribution in [0.2, 0.25) is 0 Å². The molecule has 0 aliphatic rings. The molecule has 0 radical (unpaired) electrons. The molecule has 1 heterocycles. The van der Waals surface area contributed by atoms with Crippen LogP contribution in [0.15, 0.2) is 48.5 Å². The summed E-state index contributed by atoms with van der Waals surface area (Å²) in [6, 6.07) is 14.8. The second kappa shape index (κ2) is 7.23. The Labute approximate surface area is 151 Å². The number of anilines is 1. The summed E-state index contributed by atoms with van der Waals surface area (Å²) in [4.78, 5) is 24.4. The van der Waals surface area contributed by atoms with Gasteiger partial charge in [-0.25, -0.2) is 0 Å². The Morgan fingerprint density at radius 1 is 1.00 bits per heavy atom. The molecule has 0 bridgehead atoms. The molecule has 0 spiro atoms. The molecule has 3 aromatic rings. The molecule has 0 saturated heterocycles. The fraction of sp³-hybridized carbons (Fsp3) is 0.150. The first-order chi connectivity index (χ1) is 12.5. The number of nitrogens with zero attached hydrogens (tertiary/aromatic N) is 1. The first-order valence-corrected chi connectivity index (χ1v) is 8.25. The summed E-state index contributed by atoms with van der Waals surface area (Å²) < 4.78 is 0. The van der Waals surface area contributed by atoms with Gasteiger partial charge in [-0.15, -0.1) is 0 Å². The molecule has 2 aromatic carbocycles. The number of aromatic amines is 1. The number of aromatic nitrogens is 2. The highest BCUT2D eigenvalue weighted by molar-refractivity contribution is 6.05. The van der Waals surface area contributed by atoms with Gasteiger partial charge >= 0.3 is 0 Å². The lowest BCUT2D eigenvalue weighted by molar-refractivity contribution is 0.0960. The maximum atomic E-state index is 12.5. The minimum absolute atomic E-state index is 0.193. The van der Waals surface area contributed by atoms with Crippen molar-refractivity contribution in [2.75, 3.05) is 12.4 Å². The molecule has 132 valence electrons. The van der Waals surface area contributed by atoms with Gasteiger partial charge in [0.1, 0.15) is 5.69 Å². The first-order valence-electron chi connectivity index (χ1n) is 8.25. The highest BCUT2D eigenvalue weighted by Crippen LogP contribution is 2.21. The van der Waals surface area contributed by atoms with Gasteiger partial charge in [-0.05, 0) is 37.6 Å². The highest BCUT2D eigenvalue weighted by Gasteiger charge is 2.15. The number of amides is 2. The van der Waals surface area contributed by atoms with Crippen molar-refractivity contribution in [3.8, 4) is 11.3 Å². The van der Waals surface area contributed by atoms with Crippen molar-refractivity contribution in [1.29, 1.82) is 0 Å². The van der Waals surface area contributed by atoms with Crippen LogP contribution < -0.4 is 10.6 Å². The summed E-state index contributed by atoms with van der Waals surface area (Å²) in [7, 11) is 1.57. The Morgan fingerprint density at radius 2 is 1.73 bits per heavy atom. The second-order valence-corrected chi connectivity index (χ2v) is 6.04. The monoisotopic (exact) mass is 348 g/mol. The normalized spacial score (nSPS) is 10.4. The lowest BCUT2D eigenvalue weighted by Gasteiger charge is -2.11. The van der Waals surface area contributed by atoms with Gasteiger partial charge in [0, 0.05) is 23.9 Å². The fourth-order valence-electron chi connectivity index (χ4n) is 2.65. The summed E-state index contributed by atoms with van der Waals surface area (Å²) in [5, 5.41) is 12.4. The van der Waals surface area contributed by atoms with E-state index in [9.17, 15) is 9.59 Å². The summed E-state index contributed by atoms with van der Waals surface area (Å²) in [5.74, 6) is -0.505. The molecule has 6 nitrogen and oxygen atoms in total. The van der Waals surface area contributed by atoms with E-state index in [-0.39, 0.29) is 11.8 Å². The van der Waals surface area contributed by atoms with E-state index in [0.29, 0.717) is 28.2 Å². The van der Waals surface area contributed by atoms with Gasteiger partial charge in [0.25, 0.3) is 11.8 Å². The van der Waals surface area contributed by atoms with Gasteiger partial charge in [0.15, 0.2) is 0 Å². The Balaban J connectivity index is 1.81. The van der Waals surface area contributed by atoms with E-state index >= 15 is 0 Å². The van der Waals surface area contributed by atoms with E-state index in [2.05, 4.69) is 20.8 Å². The standard InChI is InChI=1S/C20H20N4O2/c1-12-7-9-14(10-8-12)17-11-18(24-23-17)20(26)22-16-6-4-5-15(13(16)2)19(25)21-3/h4-11H,1-3H3,(H,21,25)(H,22,26)(H,23,24). The Bertz CT molecular complexity index is 958. The van der Waals surface area contributed by atoms with Gasteiger partial charge in [-0.3, -0.25) is 14.7 Å². The molecular weight excluding hydrogens is 328 g/mol. The van der Waals surface area contributed by atoms with Gasteiger partial charge in [-0.1, -0.05) is 35.9 Å². The van der Waals surface area contributed by atoms with Gasteiger partial charge < -0.3 is 10.6 Å². The Hall–Kier alpha value is -3.41. The molecule has 0 aliphatic heterocycles. The molecule has 0 saturated carbocycles. The Kier molecular flexibility index (Phi) is 4.84. The predicted molar refractivity (Wildman–Crippen MR) is 101 cm³/mol. The number of benzene rings is 2. The fourth-order valence-corrected chi connectivity index (χ4v) is 2.65. The molecule has 0 atom stereocenters. The van der Waals surface area contributed by atoms with E-state index in [1.54, 1.807) is 38.2 Å². The molecule has 1 aromatic heterocycles. The van der Waals surface area contributed by atoms with Crippen molar-refractivity contribution in [2.24, 2.45) is 0 Å². The van der Waals surface area contributed by atoms with E-state index in [1.165, 1.54) is 0 Å². The summed E-state index contributed by atoms with van der Waals surface area (Å²) in [5.41, 5.74) is 4.96. The van der Waals surface area contributed by atoms with Crippen LogP contribution in [-0.4, -0.2) is 29.1 Å². The van der Waals surface area contributed by atoms with Gasteiger partial charge in [-0.2, -0.15) is 5.10 Å². The number of rotatable bonds is 4. The summed E-state index contributed by atoms with van der Waals surface area (Å²) in [6.07, 6.45) is 0. The van der Waals surface area contributed by atoms with Crippen LogP contribution in [0, 0.1) is 13.8 Å². The predicted octanol–water partition coefficient (Wildman–Crippen LogP) is 3.31. The molecule has 0 fully saturated rings. The lowest BCUT2D eigenvalue weighted by atomic mass is 10.1. The van der Waals surface area contributed by atoms with Crippen LogP contribution in [0.4, 0.5) is 5.69 Å². The van der Waals surface area contributed by atoms with Crippen molar-refractivity contribution >= 4 is 17.5 Å². The van der Waals surface area contributed by atoms with E-state index < -0.39 is 0 Å². The average molecular weight is 348 g/mol. The van der Waals surface area contributed by atoms with Gasteiger partial charge in [0.2, 0.25) is 0 Å². The van der Waals surface area contributed by atoms with Crippen LogP contribution in [0.1, 0.15) is 32.0 Å². The number of carbonyl (C=O) groups excluding carboxylic acids is 2. The number of nitrogens with one attached hydrogen (secondary N) is 3. The SMILES string of the molecule is CNC(=O)c1cccc(NC(=O)c2cc(-c3ccc(C)cc3)n[nH]2)c1C. The topological polar surface area (TPSA) is 86.9 Å². The van der Waals surface area contributed by atoms with E-state index in [4.69, 9.17) is 0 Å². The second-order valence-electron chi connectivity index (χ2n) is 6.04. The van der Waals surface area contributed by atoms with Crippen LogP contribution in [0.25, 0.3) is 11.3 Å². The minimum Gasteiger partial charge on any atom is -0.355 e. The third kappa shape index (κ3) is 3.49. The summed E-state index contributed by atoms with van der Waals surface area (Å²) in [6.45, 7) is 3.81. The number of hydrogen-bond donors (Lipinski definition) is 3. The molecule has 0 aliphatic carbocycles. The molecule has 0 unspecified atom stereocenters. The minimum atomic E-state index is -0.312. The van der Waals surface area contributed by atoms with E-state index in [0.717, 1.165) is 11.1 Å². The summed E-state index contributed by atoms with van der Waals surface area (Å²) >= 11 is 0. The van der Waals surface area contributed by atoms with Crippen molar-refractivity contribution in [1.82, 2.24) is 15.5 Å². The highest BCUT2D eigenvalue weighted by atomic mass is 16.2. The number of H-pyrrole nitrogens is 1. The van der Waals surface area contributed by atoms with Crippen molar-refractivity contribution in [3.05, 3.63) is 70.9 Å². The largest absolute Gasteiger partial charge is 0.355 e. The zero-order chi connectivity index (χ0) is 18.7. The molecule has 3 rings (SSSR count). The maximum Gasteiger partial charge on any atom is 0.273 e. The molecule has 3 N–H and O–H groups in total. The van der Waals surface area contributed by atoms with Crippen LogP contribution >= 0.6 is 0 Å². The lowest BCUT2D eigenvalue weighted by Crippen LogP contribution is -2.20. The van der Waals surface area contributed by atoms with Crippen LogP contribution in [-0.2, 0) is 0 Å². The van der Waals surface area contributed by atoms with Crippen LogP contribution in [0.3, 0.4) is 0 Å². The molecule has 6 heteroatoms. The van der Waals surface area contributed by atoms with E-state index in [1.807, 2.05) is 31.2 Å². The van der Waals surface area contributed by atoms with Crippen molar-refractivity contribution in [3.63, 3.8) is 0 Å². The van der Waals surface area contributed by atoms with Crippen molar-refractivity contribution in [2.45, 2.75) is 13.8 Å². The van der Waals surface area contributed by atoms with Crippen molar-refractivity contribution < 1.29 is 9.59 Å². The number of carbonyl (C=O) groups is 2. The first kappa shape index (κ1) is 17.4. The zero-order valence-corrected chi connectivity index (χ0v) is 14.9. The zero-order valence-electron chi connectivity index (χ0n) is 14.9. The van der Waals surface area contributed by atoms with Crippen LogP contribution in [0.5, 0.6) is 0 Å². The average Bonchev–Trinajstić information content (AvgIpc) is 3.13. The number of hydrogen-bond acceptors (Lipinski definition) is 3. The molecular formula is C20H20N4O2.